The maximum Gasteiger partial charge on any atom is 0.264 e. The van der Waals surface area contributed by atoms with Gasteiger partial charge in [-0.15, -0.1) is 22.7 Å². The van der Waals surface area contributed by atoms with Gasteiger partial charge in [0.15, 0.2) is 23.0 Å². The van der Waals surface area contributed by atoms with Crippen molar-refractivity contribution in [2.45, 2.75) is 0 Å². The van der Waals surface area contributed by atoms with Crippen LogP contribution >= 0.6 is 22.7 Å². The number of para-hydroxylation sites is 12. The molecule has 0 atom stereocenters. The van der Waals surface area contributed by atoms with E-state index in [4.69, 9.17) is 9.47 Å². The largest absolute Gasteiger partial charge is 0.453 e. The van der Waals surface area contributed by atoms with E-state index in [2.05, 4.69) is 333 Å². The fourth-order valence-corrected chi connectivity index (χ4v) is 18.6. The van der Waals surface area contributed by atoms with Gasteiger partial charge in [-0.2, -0.15) is 0 Å². The molecule has 0 radical (unpaired) electrons. The van der Waals surface area contributed by atoms with Gasteiger partial charge in [0.25, 0.3) is 13.4 Å². The number of hydrogen-bond donors (Lipinski definition) is 0. The summed E-state index contributed by atoms with van der Waals surface area (Å²) in [5, 5.41) is 2.46. The number of hydrogen-bond acceptors (Lipinski definition) is 10. The Morgan fingerprint density at radius 1 is 0.234 bits per heavy atom. The quantitative estimate of drug-likeness (QED) is 0.153. The first-order valence-electron chi connectivity index (χ1n) is 32.0. The summed E-state index contributed by atoms with van der Waals surface area (Å²) in [6, 6.07) is 111. The third kappa shape index (κ3) is 7.34. The zero-order valence-electron chi connectivity index (χ0n) is 50.3. The maximum atomic E-state index is 6.76. The van der Waals surface area contributed by atoms with Gasteiger partial charge in [0.2, 0.25) is 0 Å². The van der Waals surface area contributed by atoms with E-state index in [1.807, 2.05) is 22.7 Å². The summed E-state index contributed by atoms with van der Waals surface area (Å²) in [4.78, 5) is 15.1. The van der Waals surface area contributed by atoms with Gasteiger partial charge in [0.05, 0.1) is 45.5 Å². The molecule has 0 aliphatic carbocycles. The van der Waals surface area contributed by atoms with Crippen LogP contribution in [0.2, 0.25) is 0 Å². The van der Waals surface area contributed by atoms with Crippen LogP contribution in [0.25, 0.3) is 20.2 Å². The molecule has 0 unspecified atom stereocenters. The molecule has 0 N–H and O–H groups in total. The van der Waals surface area contributed by atoms with Crippen molar-refractivity contribution in [2.75, 3.05) is 29.4 Å². The van der Waals surface area contributed by atoms with E-state index in [0.717, 1.165) is 114 Å². The van der Waals surface area contributed by atoms with Crippen LogP contribution in [-0.4, -0.2) is 13.4 Å². The maximum absolute atomic E-state index is 6.76. The molecule has 0 saturated heterocycles. The summed E-state index contributed by atoms with van der Waals surface area (Å²) >= 11 is 3.87. The number of thiophene rings is 2. The Morgan fingerprint density at radius 2 is 0.521 bits per heavy atom. The first-order valence-corrected chi connectivity index (χ1v) is 33.6. The Kier molecular flexibility index (Phi) is 11.0. The Labute approximate surface area is 551 Å². The minimum Gasteiger partial charge on any atom is -0.453 e. The van der Waals surface area contributed by atoms with Gasteiger partial charge in [-0.25, -0.2) is 0 Å². The molecule has 21 rings (SSSR count). The van der Waals surface area contributed by atoms with Crippen molar-refractivity contribution >= 4 is 190 Å². The fraction of sp³-hybridized carbons (Fsp3) is 0. The summed E-state index contributed by atoms with van der Waals surface area (Å²) in [7, 11) is 0. The Hall–Kier alpha value is -11.7. The van der Waals surface area contributed by atoms with Crippen molar-refractivity contribution in [1.82, 2.24) is 0 Å². The van der Waals surface area contributed by atoms with Crippen LogP contribution in [0.3, 0.4) is 0 Å². The van der Waals surface area contributed by atoms with Crippen molar-refractivity contribution in [3.05, 3.63) is 303 Å². The van der Waals surface area contributed by atoms with Crippen molar-refractivity contribution in [2.24, 2.45) is 0 Å². The summed E-state index contributed by atoms with van der Waals surface area (Å²) in [5.41, 5.74) is 24.5. The minimum absolute atomic E-state index is 0.183. The normalized spacial score (nSPS) is 14.0. The molecule has 0 fully saturated rings. The van der Waals surface area contributed by atoms with Crippen molar-refractivity contribution in [3.8, 4) is 23.0 Å². The van der Waals surface area contributed by atoms with Gasteiger partial charge in [-0.05, 0) is 161 Å². The Balaban J connectivity index is 0.904. The molecule has 6 aliphatic rings. The number of benzene rings is 13. The fourth-order valence-electron chi connectivity index (χ4n) is 15.9. The molecule has 12 heteroatoms. The monoisotopic (exact) mass is 1240 g/mol. The summed E-state index contributed by atoms with van der Waals surface area (Å²) in [6.07, 6.45) is 0. The average molecular weight is 1240 g/mol. The van der Waals surface area contributed by atoms with Crippen molar-refractivity contribution in [1.29, 1.82) is 0 Å². The molecule has 438 valence electrons. The highest BCUT2D eigenvalue weighted by molar-refractivity contribution is 7.35. The van der Waals surface area contributed by atoms with Gasteiger partial charge in [-0.1, -0.05) is 164 Å². The lowest BCUT2D eigenvalue weighted by Crippen LogP contribution is -2.64. The second-order valence-electron chi connectivity index (χ2n) is 24.7. The van der Waals surface area contributed by atoms with Crippen LogP contribution in [0.15, 0.2) is 303 Å². The van der Waals surface area contributed by atoms with Gasteiger partial charge in [0.1, 0.15) is 0 Å². The molecule has 2 aromatic heterocycles. The predicted molar refractivity (Wildman–Crippen MR) is 395 cm³/mol. The van der Waals surface area contributed by atoms with E-state index in [9.17, 15) is 0 Å². The number of fused-ring (bicyclic) bond motifs is 16. The second kappa shape index (κ2) is 19.9. The lowest BCUT2D eigenvalue weighted by molar-refractivity contribution is 0.477. The lowest BCUT2D eigenvalue weighted by atomic mass is 9.32. The van der Waals surface area contributed by atoms with Gasteiger partial charge in [0, 0.05) is 86.6 Å². The van der Waals surface area contributed by atoms with E-state index in [1.165, 1.54) is 63.0 Å². The van der Waals surface area contributed by atoms with E-state index < -0.39 is 0 Å². The molecule has 8 heterocycles. The highest BCUT2D eigenvalue weighted by atomic mass is 32.1. The Morgan fingerprint density at radius 3 is 0.883 bits per heavy atom. The topological polar surface area (TPSA) is 37.9 Å². The van der Waals surface area contributed by atoms with Crippen molar-refractivity contribution < 1.29 is 9.47 Å². The first-order chi connectivity index (χ1) is 46.7. The van der Waals surface area contributed by atoms with Crippen LogP contribution in [0.5, 0.6) is 23.0 Å². The van der Waals surface area contributed by atoms with Crippen LogP contribution < -0.4 is 70.3 Å². The molecule has 0 saturated carbocycles. The molecule has 8 nitrogen and oxygen atoms in total. The second-order valence-corrected chi connectivity index (χ2v) is 26.9. The molecular weight excluding hydrogens is 1190 g/mol. The highest BCUT2D eigenvalue weighted by Gasteiger charge is 2.51. The molecular formula is C82H50B2N6O2S2. The number of ether oxygens (including phenoxy) is 2. The third-order valence-electron chi connectivity index (χ3n) is 19.7. The van der Waals surface area contributed by atoms with Gasteiger partial charge >= 0.3 is 0 Å². The first kappa shape index (κ1) is 52.0. The minimum atomic E-state index is -0.183. The van der Waals surface area contributed by atoms with Crippen molar-refractivity contribution in [3.63, 3.8) is 0 Å². The average Bonchev–Trinajstić information content (AvgIpc) is 1.06. The zero-order valence-corrected chi connectivity index (χ0v) is 52.0. The van der Waals surface area contributed by atoms with E-state index >= 15 is 0 Å². The predicted octanol–water partition coefficient (Wildman–Crippen LogP) is 19.4. The van der Waals surface area contributed by atoms with Gasteiger partial charge in [-0.3, -0.25) is 0 Å². The smallest absolute Gasteiger partial charge is 0.264 e. The molecule has 0 amide bonds. The molecule has 94 heavy (non-hydrogen) atoms. The third-order valence-corrected chi connectivity index (χ3v) is 22.1. The SMILES string of the molecule is c1ccc(N2c3cc4c(cc3B3c5sc6ccccc6c5N(c5ccccc5)c5cc(N6c7ccccc7Oc7ccccc76)cc2c53)B2c3sc5ccccc5c3N(c3ccccc3)c3cc(N5c6ccccc6Oc6ccccc65)cc(c32)N4c2ccccc2)cc1. The number of rotatable bonds is 6. The van der Waals surface area contributed by atoms with E-state index in [1.54, 1.807) is 0 Å². The number of nitrogens with zero attached hydrogens (tertiary/aromatic N) is 6. The number of anilines is 18. The molecule has 0 bridgehead atoms. The molecule has 6 aliphatic heterocycles. The van der Waals surface area contributed by atoms with Crippen LogP contribution in [0.4, 0.5) is 102 Å². The van der Waals surface area contributed by atoms with E-state index in [-0.39, 0.29) is 13.4 Å². The van der Waals surface area contributed by atoms with Crippen LogP contribution in [-0.2, 0) is 0 Å². The molecule has 0 spiro atoms. The van der Waals surface area contributed by atoms with Gasteiger partial charge < -0.3 is 38.9 Å². The van der Waals surface area contributed by atoms with E-state index in [0.29, 0.717) is 0 Å². The van der Waals surface area contributed by atoms with Crippen LogP contribution in [0, 0.1) is 0 Å². The highest BCUT2D eigenvalue weighted by Crippen LogP contribution is 2.58. The Bertz CT molecular complexity index is 5240. The summed E-state index contributed by atoms with van der Waals surface area (Å²) in [5.74, 6) is 3.22. The summed E-state index contributed by atoms with van der Waals surface area (Å²) < 4.78 is 18.6. The summed E-state index contributed by atoms with van der Waals surface area (Å²) in [6.45, 7) is -0.366. The standard InChI is InChI=1S/C82H50B2N6O2S2/c1-5-25-51(26-6-1)85-65-50-66-60(49-59(65)83-77-67(85)45-55(87-61-35-15-19-39-71(61)91-72-40-20-16-36-62(72)87)47-69(77)89(53-29-9-3-10-30-53)79-57-33-13-23-43-75(57)93-81(79)83)84-78-68(86(66)52-27-7-2-8-28-52)46-56(88-63-37-17-21-41-73(63)92-74-42-22-18-38-64(74)88)48-70(78)90(54-31-11-4-12-32-54)80-58-34-14-24-44-76(58)94-82(80)84/h1-50H. The molecule has 15 aromatic rings. The lowest BCUT2D eigenvalue weighted by Gasteiger charge is -2.47. The zero-order chi connectivity index (χ0) is 61.3. The molecule has 13 aromatic carbocycles. The van der Waals surface area contributed by atoms with Crippen LogP contribution in [0.1, 0.15) is 0 Å².